The third kappa shape index (κ3) is 4.61. The zero-order valence-corrected chi connectivity index (χ0v) is 18.0. The maximum Gasteiger partial charge on any atom is 0.290 e. The first-order chi connectivity index (χ1) is 16.3. The van der Waals surface area contributed by atoms with Gasteiger partial charge in [-0.05, 0) is 36.4 Å². The predicted octanol–water partition coefficient (Wildman–Crippen LogP) is 1.94. The number of fused-ring (bicyclic) bond motifs is 1. The molecule has 1 heterocycles. The smallest absolute Gasteiger partial charge is 0.277 e. The zero-order chi connectivity index (χ0) is 24.3. The lowest BCUT2D eigenvalue weighted by Gasteiger charge is -2.11. The SMILES string of the molecule is O=C(NNC(=O)c1n[nH]c(=O)c2ccccc12)c1cccc(S(=O)(=O)Nc2ccccc2F)c1. The van der Waals surface area contributed by atoms with Gasteiger partial charge in [-0.2, -0.15) is 5.10 Å². The Morgan fingerprint density at radius 2 is 1.53 bits per heavy atom. The van der Waals surface area contributed by atoms with Crippen LogP contribution in [0.1, 0.15) is 20.8 Å². The van der Waals surface area contributed by atoms with Crippen LogP contribution in [0.3, 0.4) is 0 Å². The lowest BCUT2D eigenvalue weighted by atomic mass is 10.1. The Hall–Kier alpha value is -4.58. The van der Waals surface area contributed by atoms with Crippen molar-refractivity contribution in [3.8, 4) is 0 Å². The molecule has 0 aliphatic rings. The van der Waals surface area contributed by atoms with Gasteiger partial charge >= 0.3 is 0 Å². The molecular formula is C22H16FN5O5S. The van der Waals surface area contributed by atoms with E-state index in [2.05, 4.69) is 25.8 Å². The van der Waals surface area contributed by atoms with Crippen molar-refractivity contribution in [3.63, 3.8) is 0 Å². The standard InChI is InChI=1S/C22H16FN5O5S/c23-17-10-3-4-11-18(17)28-34(32,33)14-7-5-6-13(12-14)20(29)25-27-22(31)19-15-8-1-2-9-16(15)21(30)26-24-19/h1-12,28H,(H,25,29)(H,26,30)(H,27,31). The number of nitrogens with one attached hydrogen (secondary N) is 4. The normalized spacial score (nSPS) is 11.1. The summed E-state index contributed by atoms with van der Waals surface area (Å²) in [5, 5.41) is 6.47. The molecule has 0 fully saturated rings. The molecule has 4 N–H and O–H groups in total. The first kappa shape index (κ1) is 22.6. The molecule has 3 aromatic carbocycles. The Labute approximate surface area is 191 Å². The number of carbonyl (C=O) groups is 2. The fraction of sp³-hybridized carbons (Fsp3) is 0. The summed E-state index contributed by atoms with van der Waals surface area (Å²) >= 11 is 0. The molecule has 0 unspecified atom stereocenters. The van der Waals surface area contributed by atoms with E-state index in [1.165, 1.54) is 48.5 Å². The molecule has 12 heteroatoms. The number of hydrazine groups is 1. The minimum absolute atomic E-state index is 0.0870. The van der Waals surface area contributed by atoms with E-state index < -0.39 is 33.2 Å². The Morgan fingerprint density at radius 3 is 2.29 bits per heavy atom. The molecule has 0 saturated carbocycles. The van der Waals surface area contributed by atoms with Crippen molar-refractivity contribution in [2.45, 2.75) is 4.90 Å². The monoisotopic (exact) mass is 481 g/mol. The number of H-pyrrole nitrogens is 1. The van der Waals surface area contributed by atoms with Gasteiger partial charge in [0.25, 0.3) is 27.4 Å². The van der Waals surface area contributed by atoms with Crippen LogP contribution in [0.4, 0.5) is 10.1 Å². The highest BCUT2D eigenvalue weighted by Gasteiger charge is 2.19. The molecule has 10 nitrogen and oxygen atoms in total. The van der Waals surface area contributed by atoms with Gasteiger partial charge in [0.15, 0.2) is 5.69 Å². The minimum atomic E-state index is -4.20. The van der Waals surface area contributed by atoms with Crippen molar-refractivity contribution < 1.29 is 22.4 Å². The molecule has 4 rings (SSSR count). The molecule has 4 aromatic rings. The van der Waals surface area contributed by atoms with Crippen LogP contribution < -0.4 is 21.1 Å². The molecule has 2 amide bonds. The molecule has 0 radical (unpaired) electrons. The number of halogens is 1. The highest BCUT2D eigenvalue weighted by molar-refractivity contribution is 7.92. The van der Waals surface area contributed by atoms with Gasteiger partial charge in [-0.1, -0.05) is 36.4 Å². The van der Waals surface area contributed by atoms with Crippen molar-refractivity contribution >= 4 is 38.3 Å². The van der Waals surface area contributed by atoms with Gasteiger partial charge in [0.1, 0.15) is 5.82 Å². The van der Waals surface area contributed by atoms with E-state index in [0.29, 0.717) is 0 Å². The van der Waals surface area contributed by atoms with Crippen LogP contribution in [-0.2, 0) is 10.0 Å². The third-order valence-electron chi connectivity index (χ3n) is 4.73. The molecule has 0 spiro atoms. The predicted molar refractivity (Wildman–Crippen MR) is 121 cm³/mol. The highest BCUT2D eigenvalue weighted by atomic mass is 32.2. The van der Waals surface area contributed by atoms with E-state index in [0.717, 1.165) is 12.1 Å². The second-order valence-corrected chi connectivity index (χ2v) is 8.65. The Bertz CT molecular complexity index is 1590. The number of benzene rings is 3. The number of sulfonamides is 1. The fourth-order valence-corrected chi connectivity index (χ4v) is 4.20. The zero-order valence-electron chi connectivity index (χ0n) is 17.2. The van der Waals surface area contributed by atoms with Crippen LogP contribution in [0, 0.1) is 5.82 Å². The van der Waals surface area contributed by atoms with Crippen LogP contribution in [0.15, 0.2) is 82.5 Å². The quantitative estimate of drug-likeness (QED) is 0.320. The molecule has 0 aliphatic heterocycles. The number of aromatic nitrogens is 2. The highest BCUT2D eigenvalue weighted by Crippen LogP contribution is 2.19. The molecule has 0 atom stereocenters. The second kappa shape index (κ2) is 9.11. The van der Waals surface area contributed by atoms with Crippen molar-refractivity contribution in [2.75, 3.05) is 4.72 Å². The van der Waals surface area contributed by atoms with E-state index in [-0.39, 0.29) is 32.6 Å². The lowest BCUT2D eigenvalue weighted by Crippen LogP contribution is -2.42. The molecule has 0 bridgehead atoms. The Kier molecular flexibility index (Phi) is 6.06. The number of aromatic amines is 1. The maximum absolute atomic E-state index is 13.8. The third-order valence-corrected chi connectivity index (χ3v) is 6.09. The largest absolute Gasteiger partial charge is 0.290 e. The van der Waals surface area contributed by atoms with Gasteiger partial charge in [-0.25, -0.2) is 17.9 Å². The summed E-state index contributed by atoms with van der Waals surface area (Å²) in [6.07, 6.45) is 0. The summed E-state index contributed by atoms with van der Waals surface area (Å²) in [6, 6.07) is 16.5. The van der Waals surface area contributed by atoms with Crippen molar-refractivity contribution in [1.82, 2.24) is 21.0 Å². The molecule has 1 aromatic heterocycles. The van der Waals surface area contributed by atoms with Gasteiger partial charge in [-0.15, -0.1) is 0 Å². The van der Waals surface area contributed by atoms with E-state index in [1.54, 1.807) is 12.1 Å². The van der Waals surface area contributed by atoms with Gasteiger partial charge in [0, 0.05) is 10.9 Å². The summed E-state index contributed by atoms with van der Waals surface area (Å²) in [6.45, 7) is 0. The van der Waals surface area contributed by atoms with Crippen molar-refractivity contribution in [1.29, 1.82) is 0 Å². The second-order valence-electron chi connectivity index (χ2n) is 6.97. The van der Waals surface area contributed by atoms with Crippen LogP contribution in [0.5, 0.6) is 0 Å². The summed E-state index contributed by atoms with van der Waals surface area (Å²) in [5.74, 6) is -2.37. The van der Waals surface area contributed by atoms with Crippen LogP contribution >= 0.6 is 0 Å². The van der Waals surface area contributed by atoms with Crippen molar-refractivity contribution in [3.05, 3.63) is 100 Å². The Morgan fingerprint density at radius 1 is 0.853 bits per heavy atom. The van der Waals surface area contributed by atoms with Gasteiger partial charge in [-0.3, -0.25) is 30.0 Å². The van der Waals surface area contributed by atoms with Gasteiger partial charge < -0.3 is 0 Å². The van der Waals surface area contributed by atoms with Crippen LogP contribution in [0.2, 0.25) is 0 Å². The number of hydrogen-bond donors (Lipinski definition) is 4. The summed E-state index contributed by atoms with van der Waals surface area (Å²) in [4.78, 5) is 36.6. The summed E-state index contributed by atoms with van der Waals surface area (Å²) in [7, 11) is -4.20. The van der Waals surface area contributed by atoms with E-state index in [4.69, 9.17) is 0 Å². The first-order valence-electron chi connectivity index (χ1n) is 9.72. The summed E-state index contributed by atoms with van der Waals surface area (Å²) < 4.78 is 41.2. The lowest BCUT2D eigenvalue weighted by molar-refractivity contribution is 0.0844. The van der Waals surface area contributed by atoms with Gasteiger partial charge in [0.2, 0.25) is 0 Å². The summed E-state index contributed by atoms with van der Waals surface area (Å²) in [5.41, 5.74) is 3.41. The molecule has 0 saturated heterocycles. The number of amides is 2. The van der Waals surface area contributed by atoms with Crippen LogP contribution in [0.25, 0.3) is 10.8 Å². The maximum atomic E-state index is 13.8. The number of hydrogen-bond acceptors (Lipinski definition) is 6. The molecule has 0 aliphatic carbocycles. The average molecular weight is 481 g/mol. The number of anilines is 1. The minimum Gasteiger partial charge on any atom is -0.277 e. The van der Waals surface area contributed by atoms with Crippen LogP contribution in [-0.4, -0.2) is 30.4 Å². The first-order valence-corrected chi connectivity index (χ1v) is 11.2. The fourth-order valence-electron chi connectivity index (χ4n) is 3.08. The van der Waals surface area contributed by atoms with E-state index in [9.17, 15) is 27.2 Å². The van der Waals surface area contributed by atoms with E-state index in [1.807, 2.05) is 0 Å². The molecule has 34 heavy (non-hydrogen) atoms. The molecular weight excluding hydrogens is 465 g/mol. The number of carbonyl (C=O) groups excluding carboxylic acids is 2. The topological polar surface area (TPSA) is 150 Å². The van der Waals surface area contributed by atoms with Crippen molar-refractivity contribution in [2.24, 2.45) is 0 Å². The molecule has 172 valence electrons. The number of para-hydroxylation sites is 1. The van der Waals surface area contributed by atoms with Gasteiger partial charge in [0.05, 0.1) is 16.0 Å². The number of rotatable bonds is 5. The van der Waals surface area contributed by atoms with E-state index >= 15 is 0 Å². The average Bonchev–Trinajstić information content (AvgIpc) is 2.84. The number of nitrogens with zero attached hydrogens (tertiary/aromatic N) is 1. The Balaban J connectivity index is 1.50.